The van der Waals surface area contributed by atoms with Crippen LogP contribution in [0.2, 0.25) is 0 Å². The second kappa shape index (κ2) is 12.4. The monoisotopic (exact) mass is 583 g/mol. The molecule has 3 aliphatic rings. The molecule has 2 aromatic rings. The first-order chi connectivity index (χ1) is 19.3. The Morgan fingerprint density at radius 1 is 1.20 bits per heavy atom. The zero-order valence-electron chi connectivity index (χ0n) is 23.5. The third-order valence-corrected chi connectivity index (χ3v) is 9.19. The van der Waals surface area contributed by atoms with Crippen LogP contribution < -0.4 is 0 Å². The van der Waals surface area contributed by atoms with E-state index in [1.807, 2.05) is 44.4 Å². The van der Waals surface area contributed by atoms with E-state index in [-0.39, 0.29) is 23.8 Å². The van der Waals surface area contributed by atoms with Crippen molar-refractivity contribution in [2.45, 2.75) is 57.7 Å². The van der Waals surface area contributed by atoms with Crippen LogP contribution in [-0.2, 0) is 19.2 Å². The largest absolute Gasteiger partial charge is 0.310 e. The Labute approximate surface area is 243 Å². The van der Waals surface area contributed by atoms with E-state index in [1.165, 1.54) is 27.4 Å². The minimum absolute atomic E-state index is 0.00821. The molecule has 0 aliphatic carbocycles. The Balaban J connectivity index is 1.50. The average Bonchev–Trinajstić information content (AvgIpc) is 3.36. The highest BCUT2D eigenvalue weighted by molar-refractivity contribution is 7.98. The standard InChI is InChI=1S/C29H37N5O4S2/c1-19(2)17-23-29(37)33-22(13-16-39-4)28(36)32(20-11-14-31(3)15-12-20)18-26(33)34(38-23)27(35)10-9-25-30-21-7-5-6-8-24(21)40-25/h5-10,18-20,22-23H,11-17H2,1-4H3/b10-9+/t22-,23+/m0/s1. The lowest BCUT2D eigenvalue weighted by Crippen LogP contribution is -2.64. The van der Waals surface area contributed by atoms with Crippen molar-refractivity contribution in [3.05, 3.63) is 47.4 Å². The van der Waals surface area contributed by atoms with Gasteiger partial charge in [0.2, 0.25) is 5.91 Å². The average molecular weight is 584 g/mol. The van der Waals surface area contributed by atoms with Gasteiger partial charge in [0.1, 0.15) is 11.0 Å². The molecule has 0 bridgehead atoms. The summed E-state index contributed by atoms with van der Waals surface area (Å²) in [6.45, 7) is 5.79. The van der Waals surface area contributed by atoms with Gasteiger partial charge in [-0.3, -0.25) is 24.1 Å². The van der Waals surface area contributed by atoms with E-state index in [2.05, 4.69) is 16.9 Å². The second-order valence-electron chi connectivity index (χ2n) is 11.0. The number of carbonyl (C=O) groups excluding carboxylic acids is 3. The molecule has 11 heteroatoms. The summed E-state index contributed by atoms with van der Waals surface area (Å²) in [5.74, 6) is 0.433. The molecule has 0 radical (unpaired) electrons. The fraction of sp³-hybridized carbons (Fsp3) is 0.517. The molecule has 4 heterocycles. The summed E-state index contributed by atoms with van der Waals surface area (Å²) in [6.07, 6.45) is 8.53. The Hall–Kier alpha value is -2.73. The molecule has 2 saturated heterocycles. The van der Waals surface area contributed by atoms with Crippen LogP contribution in [0.3, 0.4) is 0 Å². The van der Waals surface area contributed by atoms with E-state index in [9.17, 15) is 14.4 Å². The van der Waals surface area contributed by atoms with Crippen LogP contribution >= 0.6 is 23.1 Å². The molecule has 0 saturated carbocycles. The van der Waals surface area contributed by atoms with Crippen molar-refractivity contribution in [2.75, 3.05) is 32.1 Å². The van der Waals surface area contributed by atoms with Gasteiger partial charge >= 0.3 is 0 Å². The molecular formula is C29H37N5O4S2. The molecule has 1 aromatic carbocycles. The molecule has 214 valence electrons. The van der Waals surface area contributed by atoms with Crippen molar-refractivity contribution in [3.63, 3.8) is 0 Å². The predicted octanol–water partition coefficient (Wildman–Crippen LogP) is 4.18. The highest BCUT2D eigenvalue weighted by Gasteiger charge is 2.49. The van der Waals surface area contributed by atoms with Gasteiger partial charge in [-0.25, -0.2) is 4.98 Å². The summed E-state index contributed by atoms with van der Waals surface area (Å²) in [4.78, 5) is 57.7. The summed E-state index contributed by atoms with van der Waals surface area (Å²) < 4.78 is 1.04. The molecule has 0 N–H and O–H groups in total. The van der Waals surface area contributed by atoms with Crippen LogP contribution in [0.1, 0.15) is 44.5 Å². The van der Waals surface area contributed by atoms with E-state index in [1.54, 1.807) is 28.9 Å². The van der Waals surface area contributed by atoms with Gasteiger partial charge in [-0.2, -0.15) is 16.8 Å². The summed E-state index contributed by atoms with van der Waals surface area (Å²) >= 11 is 3.14. The lowest BCUT2D eigenvalue weighted by Gasteiger charge is -2.49. The van der Waals surface area contributed by atoms with Gasteiger partial charge in [0, 0.05) is 12.1 Å². The smallest absolute Gasteiger partial charge is 0.276 e. The van der Waals surface area contributed by atoms with Crippen LogP contribution in [0.5, 0.6) is 0 Å². The zero-order valence-corrected chi connectivity index (χ0v) is 25.1. The number of benzene rings is 1. The van der Waals surface area contributed by atoms with Gasteiger partial charge in [0.15, 0.2) is 11.9 Å². The number of likely N-dealkylation sites (tertiary alicyclic amines) is 1. The number of fused-ring (bicyclic) bond motifs is 2. The molecule has 2 atom stereocenters. The summed E-state index contributed by atoms with van der Waals surface area (Å²) in [5, 5.41) is 1.93. The first kappa shape index (κ1) is 28.8. The second-order valence-corrected chi connectivity index (χ2v) is 13.0. The van der Waals surface area contributed by atoms with E-state index >= 15 is 0 Å². The molecular weight excluding hydrogens is 546 g/mol. The number of thioether (sulfide) groups is 1. The number of para-hydroxylation sites is 1. The minimum Gasteiger partial charge on any atom is -0.310 e. The summed E-state index contributed by atoms with van der Waals surface area (Å²) in [7, 11) is 2.08. The van der Waals surface area contributed by atoms with Gasteiger partial charge in [0.25, 0.3) is 11.8 Å². The fourth-order valence-electron chi connectivity index (χ4n) is 5.44. The van der Waals surface area contributed by atoms with Crippen molar-refractivity contribution >= 4 is 57.1 Å². The Morgan fingerprint density at radius 2 is 1.95 bits per heavy atom. The van der Waals surface area contributed by atoms with Crippen molar-refractivity contribution in [3.8, 4) is 0 Å². The first-order valence-corrected chi connectivity index (χ1v) is 16.1. The topological polar surface area (TPSA) is 86.3 Å². The molecule has 5 rings (SSSR count). The molecule has 3 aliphatic heterocycles. The fourth-order valence-corrected chi connectivity index (χ4v) is 6.77. The Morgan fingerprint density at radius 3 is 2.65 bits per heavy atom. The van der Waals surface area contributed by atoms with Gasteiger partial charge in [-0.1, -0.05) is 26.0 Å². The number of amides is 3. The number of piperidine rings is 1. The van der Waals surface area contributed by atoms with E-state index in [4.69, 9.17) is 4.84 Å². The van der Waals surface area contributed by atoms with E-state index < -0.39 is 18.1 Å². The first-order valence-electron chi connectivity index (χ1n) is 13.9. The van der Waals surface area contributed by atoms with Gasteiger partial charge in [-0.05, 0) is 82.0 Å². The Kier molecular flexibility index (Phi) is 8.94. The maximum atomic E-state index is 13.9. The number of thiazole rings is 1. The Bertz CT molecular complexity index is 1280. The highest BCUT2D eigenvalue weighted by atomic mass is 32.2. The quantitative estimate of drug-likeness (QED) is 0.431. The predicted molar refractivity (Wildman–Crippen MR) is 159 cm³/mol. The van der Waals surface area contributed by atoms with Crippen LogP contribution in [0.4, 0.5) is 0 Å². The molecule has 9 nitrogen and oxygen atoms in total. The zero-order chi connectivity index (χ0) is 28.4. The maximum Gasteiger partial charge on any atom is 0.276 e. The van der Waals surface area contributed by atoms with Gasteiger partial charge in [0.05, 0.1) is 16.4 Å². The molecule has 2 fully saturated rings. The lowest BCUT2D eigenvalue weighted by molar-refractivity contribution is -0.226. The molecule has 0 spiro atoms. The molecule has 3 amide bonds. The highest BCUT2D eigenvalue weighted by Crippen LogP contribution is 2.35. The molecule has 1 aromatic heterocycles. The third kappa shape index (κ3) is 5.97. The van der Waals surface area contributed by atoms with E-state index in [0.717, 1.165) is 41.9 Å². The number of aromatic nitrogens is 1. The summed E-state index contributed by atoms with van der Waals surface area (Å²) in [6, 6.07) is 7.16. The van der Waals surface area contributed by atoms with Crippen molar-refractivity contribution in [2.24, 2.45) is 5.92 Å². The van der Waals surface area contributed by atoms with Gasteiger partial charge < -0.3 is 9.80 Å². The van der Waals surface area contributed by atoms with Crippen LogP contribution in [-0.4, -0.2) is 92.8 Å². The van der Waals surface area contributed by atoms with Crippen molar-refractivity contribution in [1.82, 2.24) is 24.7 Å². The maximum absolute atomic E-state index is 13.9. The normalized spacial score (nSPS) is 23.0. The number of nitrogens with zero attached hydrogens (tertiary/aromatic N) is 5. The number of carbonyl (C=O) groups is 3. The SMILES string of the molecule is CSCC[C@H]1C(=O)N(C2CCN(C)CC2)C=C2N(C(=O)/C=C/c3nc4ccccc4s3)O[C@H](CC(C)C)C(=O)N21. The number of rotatable bonds is 8. The summed E-state index contributed by atoms with van der Waals surface area (Å²) in [5.41, 5.74) is 0.876. The van der Waals surface area contributed by atoms with Crippen molar-refractivity contribution < 1.29 is 19.2 Å². The lowest BCUT2D eigenvalue weighted by atomic mass is 9.98. The third-order valence-electron chi connectivity index (χ3n) is 7.55. The van der Waals surface area contributed by atoms with Crippen LogP contribution in [0.25, 0.3) is 16.3 Å². The van der Waals surface area contributed by atoms with Gasteiger partial charge in [-0.15, -0.1) is 11.3 Å². The number of hydrogen-bond acceptors (Lipinski definition) is 8. The minimum atomic E-state index is -0.851. The molecule has 40 heavy (non-hydrogen) atoms. The molecule has 0 unspecified atom stereocenters. The van der Waals surface area contributed by atoms with Crippen molar-refractivity contribution in [1.29, 1.82) is 0 Å². The van der Waals surface area contributed by atoms with E-state index in [0.29, 0.717) is 23.7 Å². The van der Waals surface area contributed by atoms with Crippen LogP contribution in [0, 0.1) is 5.92 Å². The van der Waals surface area contributed by atoms with Crippen LogP contribution in [0.15, 0.2) is 42.4 Å². The number of hydrogen-bond donors (Lipinski definition) is 0. The number of hydroxylamine groups is 2.